The standard InChI is InChI=1S/C11H10F2N4O/c12-7-2-1-6(8(13)3-7)4-17-5-9(14)10(16-17)11(15)18/h1-3,5H,4,14H2,(H2,15,18). The zero-order chi connectivity index (χ0) is 13.3. The van der Waals surface area contributed by atoms with Gasteiger partial charge in [0.25, 0.3) is 5.91 Å². The van der Waals surface area contributed by atoms with E-state index in [0.29, 0.717) is 0 Å². The van der Waals surface area contributed by atoms with Crippen molar-refractivity contribution in [2.24, 2.45) is 5.73 Å². The Balaban J connectivity index is 2.29. The monoisotopic (exact) mass is 252 g/mol. The summed E-state index contributed by atoms with van der Waals surface area (Å²) >= 11 is 0. The third-order valence-corrected chi connectivity index (χ3v) is 2.37. The number of hydrogen-bond donors (Lipinski definition) is 2. The van der Waals surface area contributed by atoms with Gasteiger partial charge in [0.1, 0.15) is 11.6 Å². The number of nitrogens with two attached hydrogens (primary N) is 2. The van der Waals surface area contributed by atoms with Crippen LogP contribution in [0.15, 0.2) is 24.4 Å². The number of amides is 1. The van der Waals surface area contributed by atoms with Crippen molar-refractivity contribution in [2.45, 2.75) is 6.54 Å². The molecule has 2 rings (SSSR count). The maximum atomic E-state index is 13.4. The van der Waals surface area contributed by atoms with Crippen molar-refractivity contribution < 1.29 is 13.6 Å². The third-order valence-electron chi connectivity index (χ3n) is 2.37. The molecule has 5 nitrogen and oxygen atoms in total. The lowest BCUT2D eigenvalue weighted by Crippen LogP contribution is -2.14. The van der Waals surface area contributed by atoms with Gasteiger partial charge in [0, 0.05) is 17.8 Å². The fraction of sp³-hybridized carbons (Fsp3) is 0.0909. The molecular formula is C11H10F2N4O. The van der Waals surface area contributed by atoms with Crippen LogP contribution in [0.4, 0.5) is 14.5 Å². The highest BCUT2D eigenvalue weighted by molar-refractivity contribution is 5.95. The average Bonchev–Trinajstić information content (AvgIpc) is 2.64. The lowest BCUT2D eigenvalue weighted by atomic mass is 10.2. The topological polar surface area (TPSA) is 86.9 Å². The number of carbonyl (C=O) groups is 1. The molecule has 0 spiro atoms. The summed E-state index contributed by atoms with van der Waals surface area (Å²) in [5, 5.41) is 3.82. The summed E-state index contributed by atoms with van der Waals surface area (Å²) in [6, 6.07) is 3.21. The van der Waals surface area contributed by atoms with Crippen LogP contribution < -0.4 is 11.5 Å². The van der Waals surface area contributed by atoms with E-state index in [1.54, 1.807) is 0 Å². The molecule has 0 fully saturated rings. The molecule has 0 saturated carbocycles. The minimum absolute atomic E-state index is 0.0313. The first kappa shape index (κ1) is 12.0. The van der Waals surface area contributed by atoms with Crippen molar-refractivity contribution in [3.8, 4) is 0 Å². The van der Waals surface area contributed by atoms with Gasteiger partial charge in [-0.15, -0.1) is 0 Å². The number of primary amides is 1. The van der Waals surface area contributed by atoms with Gasteiger partial charge in [-0.1, -0.05) is 6.07 Å². The van der Waals surface area contributed by atoms with Gasteiger partial charge >= 0.3 is 0 Å². The smallest absolute Gasteiger partial charge is 0.271 e. The second-order valence-corrected chi connectivity index (χ2v) is 3.73. The summed E-state index contributed by atoms with van der Waals surface area (Å²) in [6.07, 6.45) is 1.36. The van der Waals surface area contributed by atoms with Gasteiger partial charge < -0.3 is 11.5 Å². The summed E-state index contributed by atoms with van der Waals surface area (Å²) in [7, 11) is 0. The lowest BCUT2D eigenvalue weighted by Gasteiger charge is -2.03. The fourth-order valence-electron chi connectivity index (χ4n) is 1.53. The quantitative estimate of drug-likeness (QED) is 0.850. The Morgan fingerprint density at radius 2 is 2.11 bits per heavy atom. The molecule has 0 bridgehead atoms. The van der Waals surface area contributed by atoms with Crippen molar-refractivity contribution in [3.63, 3.8) is 0 Å². The largest absolute Gasteiger partial charge is 0.396 e. The summed E-state index contributed by atoms with van der Waals surface area (Å²) in [5.74, 6) is -2.11. The Labute approximate surface area is 101 Å². The molecule has 0 aliphatic heterocycles. The van der Waals surface area contributed by atoms with Crippen LogP contribution in [0.3, 0.4) is 0 Å². The molecule has 18 heavy (non-hydrogen) atoms. The second-order valence-electron chi connectivity index (χ2n) is 3.73. The van der Waals surface area contributed by atoms with E-state index in [1.165, 1.54) is 16.9 Å². The third kappa shape index (κ3) is 2.29. The molecule has 94 valence electrons. The summed E-state index contributed by atoms with van der Waals surface area (Å²) in [4.78, 5) is 10.9. The highest BCUT2D eigenvalue weighted by Gasteiger charge is 2.12. The van der Waals surface area contributed by atoms with E-state index in [0.717, 1.165) is 12.1 Å². The van der Waals surface area contributed by atoms with E-state index in [1.807, 2.05) is 0 Å². The van der Waals surface area contributed by atoms with Crippen LogP contribution in [0.2, 0.25) is 0 Å². The first-order chi connectivity index (χ1) is 8.47. The van der Waals surface area contributed by atoms with E-state index < -0.39 is 17.5 Å². The predicted octanol–water partition coefficient (Wildman–Crippen LogP) is 0.891. The Bertz CT molecular complexity index is 609. The van der Waals surface area contributed by atoms with Crippen LogP contribution in [0.25, 0.3) is 0 Å². The summed E-state index contributed by atoms with van der Waals surface area (Å²) < 4.78 is 27.4. The zero-order valence-corrected chi connectivity index (χ0v) is 9.23. The van der Waals surface area contributed by atoms with Crippen molar-refractivity contribution in [3.05, 3.63) is 47.3 Å². The van der Waals surface area contributed by atoms with Crippen LogP contribution in [0, 0.1) is 11.6 Å². The Hall–Kier alpha value is -2.44. The molecule has 1 heterocycles. The van der Waals surface area contributed by atoms with Crippen LogP contribution in [-0.2, 0) is 6.54 Å². The van der Waals surface area contributed by atoms with Crippen molar-refractivity contribution in [1.82, 2.24) is 9.78 Å². The Kier molecular flexibility index (Phi) is 2.97. The van der Waals surface area contributed by atoms with Gasteiger partial charge in [0.15, 0.2) is 5.69 Å². The van der Waals surface area contributed by atoms with Crippen LogP contribution in [0.5, 0.6) is 0 Å². The summed E-state index contributed by atoms with van der Waals surface area (Å²) in [6.45, 7) is 0.0313. The van der Waals surface area contributed by atoms with Gasteiger partial charge in [-0.25, -0.2) is 8.78 Å². The van der Waals surface area contributed by atoms with Crippen LogP contribution in [-0.4, -0.2) is 15.7 Å². The van der Waals surface area contributed by atoms with Gasteiger partial charge in [-0.3, -0.25) is 9.48 Å². The molecule has 0 atom stereocenters. The van der Waals surface area contributed by atoms with E-state index in [9.17, 15) is 13.6 Å². The number of carbonyl (C=O) groups excluding carboxylic acids is 1. The molecule has 1 aromatic heterocycles. The number of halogens is 2. The number of benzene rings is 1. The molecule has 2 aromatic rings. The van der Waals surface area contributed by atoms with E-state index in [-0.39, 0.29) is 23.5 Å². The molecule has 0 aliphatic carbocycles. The summed E-state index contributed by atoms with van der Waals surface area (Å²) in [5.41, 5.74) is 10.8. The molecule has 4 N–H and O–H groups in total. The van der Waals surface area contributed by atoms with E-state index in [4.69, 9.17) is 11.5 Å². The van der Waals surface area contributed by atoms with Gasteiger partial charge in [0.05, 0.1) is 12.2 Å². The van der Waals surface area contributed by atoms with Crippen molar-refractivity contribution in [1.29, 1.82) is 0 Å². The molecule has 0 saturated heterocycles. The predicted molar refractivity (Wildman–Crippen MR) is 60.6 cm³/mol. The average molecular weight is 252 g/mol. The molecular weight excluding hydrogens is 242 g/mol. The fourth-order valence-corrected chi connectivity index (χ4v) is 1.53. The maximum Gasteiger partial charge on any atom is 0.271 e. The first-order valence-electron chi connectivity index (χ1n) is 5.04. The van der Waals surface area contributed by atoms with Gasteiger partial charge in [-0.05, 0) is 6.07 Å². The van der Waals surface area contributed by atoms with Gasteiger partial charge in [0.2, 0.25) is 0 Å². The first-order valence-corrected chi connectivity index (χ1v) is 5.04. The Morgan fingerprint density at radius 3 is 2.67 bits per heavy atom. The number of hydrogen-bond acceptors (Lipinski definition) is 3. The van der Waals surface area contributed by atoms with Gasteiger partial charge in [-0.2, -0.15) is 5.10 Å². The van der Waals surface area contributed by atoms with Crippen molar-refractivity contribution in [2.75, 3.05) is 5.73 Å². The van der Waals surface area contributed by atoms with Crippen LogP contribution in [0.1, 0.15) is 16.1 Å². The highest BCUT2D eigenvalue weighted by Crippen LogP contribution is 2.13. The van der Waals surface area contributed by atoms with Crippen molar-refractivity contribution >= 4 is 11.6 Å². The molecule has 7 heteroatoms. The number of nitrogen functional groups attached to an aromatic ring is 1. The highest BCUT2D eigenvalue weighted by atomic mass is 19.1. The van der Waals surface area contributed by atoms with E-state index in [2.05, 4.69) is 5.10 Å². The number of aromatic nitrogens is 2. The zero-order valence-electron chi connectivity index (χ0n) is 9.23. The SMILES string of the molecule is NC(=O)c1nn(Cc2ccc(F)cc2F)cc1N. The lowest BCUT2D eigenvalue weighted by molar-refractivity contribution is 0.0995. The molecule has 0 unspecified atom stereocenters. The van der Waals surface area contributed by atoms with E-state index >= 15 is 0 Å². The number of nitrogens with zero attached hydrogens (tertiary/aromatic N) is 2. The molecule has 0 radical (unpaired) electrons. The maximum absolute atomic E-state index is 13.4. The Morgan fingerprint density at radius 1 is 1.39 bits per heavy atom. The molecule has 1 aromatic carbocycles. The number of rotatable bonds is 3. The molecule has 0 aliphatic rings. The molecule has 1 amide bonds. The van der Waals surface area contributed by atoms with Crippen LogP contribution >= 0.6 is 0 Å². The normalized spacial score (nSPS) is 10.6. The minimum Gasteiger partial charge on any atom is -0.396 e. The number of anilines is 1. The second kappa shape index (κ2) is 4.44. The minimum atomic E-state index is -0.758.